The Kier molecular flexibility index (Phi) is 9.49. The van der Waals surface area contributed by atoms with E-state index in [1.807, 2.05) is 0 Å². The summed E-state index contributed by atoms with van der Waals surface area (Å²) in [5.74, 6) is 0. The van der Waals surface area contributed by atoms with Crippen molar-refractivity contribution in [2.45, 2.75) is 51.9 Å². The Morgan fingerprint density at radius 3 is 1.93 bits per heavy atom. The molecule has 1 aliphatic heterocycles. The Labute approximate surface area is 93.2 Å². The molecule has 88 valence electrons. The van der Waals surface area contributed by atoms with Gasteiger partial charge in [0.05, 0.1) is 18.9 Å². The molecule has 1 aliphatic rings. The predicted octanol–water partition coefficient (Wildman–Crippen LogP) is -0.333. The fourth-order valence-electron chi connectivity index (χ4n) is 1.87. The molecule has 0 radical (unpaired) electrons. The second-order valence-electron chi connectivity index (χ2n) is 4.16. The van der Waals surface area contributed by atoms with Crippen LogP contribution in [0.5, 0.6) is 0 Å². The van der Waals surface area contributed by atoms with Gasteiger partial charge in [0.2, 0.25) is 0 Å². The van der Waals surface area contributed by atoms with E-state index in [0.29, 0.717) is 0 Å². The van der Waals surface area contributed by atoms with E-state index in [4.69, 9.17) is 0 Å². The zero-order valence-electron chi connectivity index (χ0n) is 9.84. The number of halogens is 1. The van der Waals surface area contributed by atoms with E-state index in [0.717, 1.165) is 0 Å². The first kappa shape index (κ1) is 14.4. The molecule has 0 aromatic heterocycles. The number of hydrogen-bond donors (Lipinski definition) is 1. The van der Waals surface area contributed by atoms with Gasteiger partial charge in [-0.3, -0.25) is 4.90 Å². The van der Waals surface area contributed by atoms with Crippen molar-refractivity contribution in [1.82, 2.24) is 0 Å². The van der Waals surface area contributed by atoms with E-state index < -0.39 is 0 Å². The SMILES string of the molecule is CCCCCCCCC[NH+]1C=CC=C1.[F-]. The van der Waals surface area contributed by atoms with E-state index in [9.17, 15) is 0 Å². The summed E-state index contributed by atoms with van der Waals surface area (Å²) in [6.45, 7) is 3.55. The number of hydrogen-bond acceptors (Lipinski definition) is 0. The van der Waals surface area contributed by atoms with E-state index >= 15 is 0 Å². The van der Waals surface area contributed by atoms with Crippen LogP contribution in [0.1, 0.15) is 51.9 Å². The number of quaternary nitrogens is 1. The predicted molar refractivity (Wildman–Crippen MR) is 62.1 cm³/mol. The fraction of sp³-hybridized carbons (Fsp3) is 0.692. The van der Waals surface area contributed by atoms with Crippen molar-refractivity contribution in [1.29, 1.82) is 0 Å². The molecule has 0 amide bonds. The van der Waals surface area contributed by atoms with Gasteiger partial charge in [-0.2, -0.15) is 0 Å². The van der Waals surface area contributed by atoms with Crippen molar-refractivity contribution < 1.29 is 9.60 Å². The lowest BCUT2D eigenvalue weighted by Gasteiger charge is -2.06. The Hall–Kier alpha value is -0.630. The van der Waals surface area contributed by atoms with Crippen LogP contribution in [0.4, 0.5) is 0 Å². The highest BCUT2D eigenvalue weighted by molar-refractivity contribution is 5.00. The minimum Gasteiger partial charge on any atom is -1.00 e. The van der Waals surface area contributed by atoms with Crippen molar-refractivity contribution in [2.75, 3.05) is 6.54 Å². The first-order valence-electron chi connectivity index (χ1n) is 6.14. The Bertz CT molecular complexity index is 175. The largest absolute Gasteiger partial charge is 1.00 e. The van der Waals surface area contributed by atoms with Crippen molar-refractivity contribution >= 4 is 0 Å². The third-order valence-electron chi connectivity index (χ3n) is 2.80. The van der Waals surface area contributed by atoms with Gasteiger partial charge in [0.1, 0.15) is 0 Å². The van der Waals surface area contributed by atoms with Crippen molar-refractivity contribution in [2.24, 2.45) is 0 Å². The third kappa shape index (κ3) is 7.32. The van der Waals surface area contributed by atoms with Crippen LogP contribution in [-0.4, -0.2) is 6.54 Å². The van der Waals surface area contributed by atoms with Gasteiger partial charge in [0.15, 0.2) is 0 Å². The van der Waals surface area contributed by atoms with Crippen molar-refractivity contribution in [3.05, 3.63) is 24.6 Å². The maximum absolute atomic E-state index is 2.27. The molecular formula is C13H24FN. The first-order valence-corrected chi connectivity index (χ1v) is 6.14. The van der Waals surface area contributed by atoms with Crippen molar-refractivity contribution in [3.63, 3.8) is 0 Å². The van der Waals surface area contributed by atoms with E-state index in [1.165, 1.54) is 56.4 Å². The van der Waals surface area contributed by atoms with Gasteiger partial charge in [-0.1, -0.05) is 39.0 Å². The summed E-state index contributed by atoms with van der Waals surface area (Å²) in [6.07, 6.45) is 18.6. The minimum atomic E-state index is 0. The molecule has 0 atom stereocenters. The normalized spacial score (nSPS) is 14.5. The van der Waals surface area contributed by atoms with Crippen molar-refractivity contribution in [3.8, 4) is 0 Å². The van der Waals surface area contributed by atoms with Crippen LogP contribution in [0, 0.1) is 0 Å². The van der Waals surface area contributed by atoms with Crippen LogP contribution in [-0.2, 0) is 0 Å². The average Bonchev–Trinajstić information content (AvgIpc) is 2.69. The van der Waals surface area contributed by atoms with Gasteiger partial charge >= 0.3 is 0 Å². The molecule has 0 unspecified atom stereocenters. The number of rotatable bonds is 8. The Balaban J connectivity index is 0.00000196. The fourth-order valence-corrected chi connectivity index (χ4v) is 1.87. The van der Waals surface area contributed by atoms with Crippen LogP contribution in [0.15, 0.2) is 24.6 Å². The molecule has 0 spiro atoms. The zero-order chi connectivity index (χ0) is 10.1. The number of allylic oxidation sites excluding steroid dienone is 2. The third-order valence-corrected chi connectivity index (χ3v) is 2.80. The molecule has 0 aromatic rings. The molecule has 0 aliphatic carbocycles. The topological polar surface area (TPSA) is 4.44 Å². The molecular weight excluding hydrogens is 189 g/mol. The summed E-state index contributed by atoms with van der Waals surface area (Å²) in [4.78, 5) is 1.51. The zero-order valence-corrected chi connectivity index (χ0v) is 9.84. The van der Waals surface area contributed by atoms with Gasteiger partial charge < -0.3 is 4.70 Å². The monoisotopic (exact) mass is 213 g/mol. The van der Waals surface area contributed by atoms with E-state index in [2.05, 4.69) is 31.5 Å². The molecule has 0 bridgehead atoms. The number of unbranched alkanes of at least 4 members (excludes halogenated alkanes) is 6. The Morgan fingerprint density at radius 2 is 1.33 bits per heavy atom. The lowest BCUT2D eigenvalue weighted by atomic mass is 10.1. The molecule has 0 saturated carbocycles. The summed E-state index contributed by atoms with van der Waals surface area (Å²) in [5.41, 5.74) is 0. The molecule has 1 N–H and O–H groups in total. The molecule has 0 fully saturated rings. The van der Waals surface area contributed by atoms with Gasteiger partial charge in [-0.15, -0.1) is 0 Å². The van der Waals surface area contributed by atoms with Crippen LogP contribution in [0.2, 0.25) is 0 Å². The van der Waals surface area contributed by atoms with Crippen LogP contribution in [0.3, 0.4) is 0 Å². The van der Waals surface area contributed by atoms with Gasteiger partial charge in [0, 0.05) is 0 Å². The molecule has 1 rings (SSSR count). The molecule has 15 heavy (non-hydrogen) atoms. The van der Waals surface area contributed by atoms with E-state index in [-0.39, 0.29) is 4.70 Å². The molecule has 2 heteroatoms. The molecule has 0 saturated heterocycles. The maximum atomic E-state index is 2.27. The molecule has 1 nitrogen and oxygen atoms in total. The van der Waals surface area contributed by atoms with Gasteiger partial charge in [0.25, 0.3) is 0 Å². The summed E-state index contributed by atoms with van der Waals surface area (Å²) >= 11 is 0. The second kappa shape index (κ2) is 9.91. The molecule has 0 aromatic carbocycles. The first-order chi connectivity index (χ1) is 6.93. The van der Waals surface area contributed by atoms with Crippen LogP contribution < -0.4 is 9.60 Å². The highest BCUT2D eigenvalue weighted by Crippen LogP contribution is 2.05. The maximum Gasteiger partial charge on any atom is 0.0990 e. The Morgan fingerprint density at radius 1 is 0.800 bits per heavy atom. The second-order valence-corrected chi connectivity index (χ2v) is 4.16. The smallest absolute Gasteiger partial charge is 0.0990 e. The van der Waals surface area contributed by atoms with Crippen LogP contribution in [0.25, 0.3) is 0 Å². The van der Waals surface area contributed by atoms with Gasteiger partial charge in [-0.05, 0) is 25.0 Å². The number of nitrogens with one attached hydrogen (secondary N) is 1. The minimum absolute atomic E-state index is 0. The summed E-state index contributed by atoms with van der Waals surface area (Å²) in [7, 11) is 0. The average molecular weight is 213 g/mol. The molecule has 1 heterocycles. The van der Waals surface area contributed by atoms with E-state index in [1.54, 1.807) is 0 Å². The van der Waals surface area contributed by atoms with Gasteiger partial charge in [-0.25, -0.2) is 0 Å². The summed E-state index contributed by atoms with van der Waals surface area (Å²) in [6, 6.07) is 0. The highest BCUT2D eigenvalue weighted by atomic mass is 19.0. The summed E-state index contributed by atoms with van der Waals surface area (Å²) in [5, 5.41) is 0. The standard InChI is InChI=1S/C13H23N.FH/c1-2-3-4-5-6-7-8-11-14-12-9-10-13-14;/h9-10,12-13H,2-8,11H2,1H3;1H. The summed E-state index contributed by atoms with van der Waals surface area (Å²) < 4.78 is 0. The lowest BCUT2D eigenvalue weighted by molar-refractivity contribution is -0.787. The lowest BCUT2D eigenvalue weighted by Crippen LogP contribution is -3.01. The van der Waals surface area contributed by atoms with Crippen LogP contribution >= 0.6 is 0 Å². The highest BCUT2D eigenvalue weighted by Gasteiger charge is 2.02. The quantitative estimate of drug-likeness (QED) is 0.527.